The third kappa shape index (κ3) is 2.96. The Morgan fingerprint density at radius 1 is 1.00 bits per heavy atom. The van der Waals surface area contributed by atoms with Gasteiger partial charge in [-0.05, 0) is 37.8 Å². The van der Waals surface area contributed by atoms with Gasteiger partial charge in [0, 0.05) is 16.8 Å². The Labute approximate surface area is 132 Å². The third-order valence-electron chi connectivity index (χ3n) is 4.59. The normalized spacial score (nSPS) is 17.5. The average Bonchev–Trinajstić information content (AvgIpc) is 2.55. The van der Waals surface area contributed by atoms with E-state index in [1.807, 2.05) is 24.3 Å². The highest BCUT2D eigenvalue weighted by atomic mass is 16.5. The van der Waals surface area contributed by atoms with E-state index in [2.05, 4.69) is 19.1 Å². The van der Waals surface area contributed by atoms with E-state index in [0.717, 1.165) is 54.5 Å². The van der Waals surface area contributed by atoms with Crippen molar-refractivity contribution in [3.8, 4) is 5.75 Å². The molecular weight excluding hydrogens is 274 g/mol. The van der Waals surface area contributed by atoms with Gasteiger partial charge in [0.25, 0.3) is 0 Å². The van der Waals surface area contributed by atoms with Gasteiger partial charge in [0.2, 0.25) is 0 Å². The van der Waals surface area contributed by atoms with Crippen molar-refractivity contribution in [1.82, 2.24) is 4.65 Å². The van der Waals surface area contributed by atoms with E-state index in [1.54, 1.807) is 0 Å². The van der Waals surface area contributed by atoms with Crippen LogP contribution >= 0.6 is 0 Å². The number of benzene rings is 2. The minimum atomic E-state index is -0.185. The van der Waals surface area contributed by atoms with Crippen molar-refractivity contribution in [2.24, 2.45) is 0 Å². The maximum absolute atomic E-state index is 13.2. The van der Waals surface area contributed by atoms with Crippen LogP contribution in [0.5, 0.6) is 5.75 Å². The molecule has 1 fully saturated rings. The minimum absolute atomic E-state index is 0.185. The molecule has 1 saturated heterocycles. The first-order valence-corrected chi connectivity index (χ1v) is 8.48. The summed E-state index contributed by atoms with van der Waals surface area (Å²) in [5, 5.41) is 15.3. The first kappa shape index (κ1) is 15.3. The maximum atomic E-state index is 13.2. The lowest BCUT2D eigenvalue weighted by atomic mass is 10.0. The Kier molecular flexibility index (Phi) is 4.65. The molecule has 0 spiro atoms. The maximum Gasteiger partial charge on any atom is 0.141 e. The van der Waals surface area contributed by atoms with Crippen molar-refractivity contribution < 1.29 is 4.74 Å². The Morgan fingerprint density at radius 3 is 2.45 bits per heavy atom. The van der Waals surface area contributed by atoms with E-state index in [9.17, 15) is 5.21 Å². The summed E-state index contributed by atoms with van der Waals surface area (Å²) in [5.41, 5.74) is 0.901. The van der Waals surface area contributed by atoms with Crippen LogP contribution in [0.4, 0.5) is 5.69 Å². The van der Waals surface area contributed by atoms with Gasteiger partial charge < -0.3 is 14.6 Å². The summed E-state index contributed by atoms with van der Waals surface area (Å²) in [6.45, 7) is 4.28. The van der Waals surface area contributed by atoms with Crippen LogP contribution in [0.15, 0.2) is 36.4 Å². The van der Waals surface area contributed by atoms with E-state index >= 15 is 0 Å². The molecule has 0 atom stereocenters. The molecule has 1 aliphatic heterocycles. The van der Waals surface area contributed by atoms with Crippen LogP contribution in [-0.2, 0) is 0 Å². The summed E-state index contributed by atoms with van der Waals surface area (Å²) in [5.74, 6) is 0.899. The first-order chi connectivity index (χ1) is 10.7. The van der Waals surface area contributed by atoms with Gasteiger partial charge in [-0.3, -0.25) is 0 Å². The molecule has 118 valence electrons. The second-order valence-electron chi connectivity index (χ2n) is 6.23. The van der Waals surface area contributed by atoms with Crippen molar-refractivity contribution in [1.29, 1.82) is 0 Å². The van der Waals surface area contributed by atoms with Crippen LogP contribution < -0.4 is 9.38 Å². The summed E-state index contributed by atoms with van der Waals surface area (Å²) in [6.07, 6.45) is 5.39. The van der Waals surface area contributed by atoms with E-state index in [1.165, 1.54) is 6.42 Å². The summed E-state index contributed by atoms with van der Waals surface area (Å²) >= 11 is 0. The molecule has 0 N–H and O–H groups in total. The fourth-order valence-corrected chi connectivity index (χ4v) is 3.33. The van der Waals surface area contributed by atoms with Gasteiger partial charge >= 0.3 is 0 Å². The first-order valence-electron chi connectivity index (χ1n) is 8.48. The topological polar surface area (TPSA) is 32.3 Å². The van der Waals surface area contributed by atoms with Crippen molar-refractivity contribution in [2.75, 3.05) is 19.7 Å². The smallest absolute Gasteiger partial charge is 0.141 e. The van der Waals surface area contributed by atoms with Gasteiger partial charge in [0.1, 0.15) is 11.4 Å². The molecule has 0 aliphatic carbocycles. The molecule has 3 heteroatoms. The molecule has 1 heterocycles. The van der Waals surface area contributed by atoms with Crippen molar-refractivity contribution in [3.05, 3.63) is 41.6 Å². The molecule has 22 heavy (non-hydrogen) atoms. The van der Waals surface area contributed by atoms with Gasteiger partial charge in [-0.1, -0.05) is 31.5 Å². The molecule has 0 amide bonds. The zero-order chi connectivity index (χ0) is 15.4. The van der Waals surface area contributed by atoms with Gasteiger partial charge in [-0.25, -0.2) is 0 Å². The highest BCUT2D eigenvalue weighted by Gasteiger charge is 2.26. The molecule has 2 aromatic rings. The quantitative estimate of drug-likeness (QED) is 0.442. The average molecular weight is 299 g/mol. The van der Waals surface area contributed by atoms with Crippen LogP contribution in [0.2, 0.25) is 0 Å². The molecule has 0 radical (unpaired) electrons. The molecule has 0 bridgehead atoms. The fourth-order valence-electron chi connectivity index (χ4n) is 3.33. The van der Waals surface area contributed by atoms with E-state index < -0.39 is 0 Å². The fraction of sp³-hybridized carbons (Fsp3) is 0.474. The predicted octanol–water partition coefficient (Wildman–Crippen LogP) is 5.01. The third-order valence-corrected chi connectivity index (χ3v) is 4.59. The highest BCUT2D eigenvalue weighted by molar-refractivity contribution is 5.97. The van der Waals surface area contributed by atoms with Gasteiger partial charge in [-0.15, -0.1) is 0 Å². The lowest BCUT2D eigenvalue weighted by Gasteiger charge is -2.45. The molecule has 3 rings (SSSR count). The largest absolute Gasteiger partial charge is 0.627 e. The number of fused-ring (bicyclic) bond motifs is 1. The number of nitrogens with zero attached hydrogens (tertiary/aromatic N) is 1. The summed E-state index contributed by atoms with van der Waals surface area (Å²) in [6, 6.07) is 12.1. The Balaban J connectivity index is 2.00. The monoisotopic (exact) mass is 299 g/mol. The number of unbranched alkanes of at least 4 members (excludes halogenated alkanes) is 1. The number of rotatable bonds is 5. The lowest BCUT2D eigenvalue weighted by molar-refractivity contribution is 0.306. The van der Waals surface area contributed by atoms with Gasteiger partial charge in [0.05, 0.1) is 19.7 Å². The molecular formula is C19H25NO2. The number of piperidine rings is 1. The van der Waals surface area contributed by atoms with E-state index in [4.69, 9.17) is 4.74 Å². The van der Waals surface area contributed by atoms with Crippen LogP contribution in [0.25, 0.3) is 10.8 Å². The second-order valence-corrected chi connectivity index (χ2v) is 6.23. The highest BCUT2D eigenvalue weighted by Crippen LogP contribution is 2.38. The standard InChI is InChI=1S/C19H25NO2/c1-2-3-15-22-19-12-11-18(16-9-5-6-10-17(16)19)20(21)13-7-4-8-14-20/h5-6,9-12H,2-4,7-8,13-15H2,1H3. The summed E-state index contributed by atoms with van der Waals surface area (Å²) in [7, 11) is 0. The van der Waals surface area contributed by atoms with Crippen LogP contribution in [-0.4, -0.2) is 19.7 Å². The molecule has 3 nitrogen and oxygen atoms in total. The number of ether oxygens (including phenoxy) is 1. The predicted molar refractivity (Wildman–Crippen MR) is 93.1 cm³/mol. The number of hydrogen-bond donors (Lipinski definition) is 0. The van der Waals surface area contributed by atoms with Crippen LogP contribution in [0.1, 0.15) is 39.0 Å². The second kappa shape index (κ2) is 6.67. The van der Waals surface area contributed by atoms with Gasteiger partial charge in [-0.2, -0.15) is 0 Å². The lowest BCUT2D eigenvalue weighted by Crippen LogP contribution is -2.47. The Bertz CT molecular complexity index is 632. The molecule has 0 unspecified atom stereocenters. The van der Waals surface area contributed by atoms with Crippen molar-refractivity contribution in [2.45, 2.75) is 39.0 Å². The van der Waals surface area contributed by atoms with Crippen molar-refractivity contribution >= 4 is 16.5 Å². The number of quaternary nitrogens is 1. The molecule has 1 aliphatic rings. The van der Waals surface area contributed by atoms with Crippen LogP contribution in [0, 0.1) is 5.21 Å². The van der Waals surface area contributed by atoms with E-state index in [-0.39, 0.29) is 4.65 Å². The van der Waals surface area contributed by atoms with Crippen LogP contribution in [0.3, 0.4) is 0 Å². The van der Waals surface area contributed by atoms with Crippen molar-refractivity contribution in [3.63, 3.8) is 0 Å². The summed E-state index contributed by atoms with van der Waals surface area (Å²) in [4.78, 5) is 0. The minimum Gasteiger partial charge on any atom is -0.627 e. The Hall–Kier alpha value is -1.58. The number of hydrogen-bond acceptors (Lipinski definition) is 2. The van der Waals surface area contributed by atoms with E-state index in [0.29, 0.717) is 13.1 Å². The SMILES string of the molecule is CCCCOc1ccc([N+]2([O-])CCCCC2)c2ccccc12. The molecule has 0 saturated carbocycles. The van der Waals surface area contributed by atoms with Gasteiger partial charge in [0.15, 0.2) is 0 Å². The Morgan fingerprint density at radius 2 is 1.73 bits per heavy atom. The zero-order valence-electron chi connectivity index (χ0n) is 13.4. The zero-order valence-corrected chi connectivity index (χ0v) is 13.4. The molecule has 0 aromatic heterocycles. The molecule has 2 aromatic carbocycles. The number of hydroxylamine groups is 2. The summed E-state index contributed by atoms with van der Waals surface area (Å²) < 4.78 is 5.74.